The van der Waals surface area contributed by atoms with Crippen LogP contribution in [0.4, 0.5) is 4.39 Å². The van der Waals surface area contributed by atoms with Crippen LogP contribution in [0.2, 0.25) is 0 Å². The number of Topliss-reactive ketones (excluding diaryl/α,β-unsaturated/α-hetero) is 1. The molecule has 2 saturated heterocycles. The number of alkyl halides is 1. The van der Waals surface area contributed by atoms with Gasteiger partial charge in [0.25, 0.3) is 0 Å². The quantitative estimate of drug-likeness (QED) is 0.298. The molecule has 1 saturated carbocycles. The second kappa shape index (κ2) is 13.3. The number of rotatable bonds is 15. The van der Waals surface area contributed by atoms with Gasteiger partial charge in [-0.3, -0.25) is 9.18 Å². The summed E-state index contributed by atoms with van der Waals surface area (Å²) in [5.74, 6) is 0.353. The third-order valence-electron chi connectivity index (χ3n) is 6.48. The van der Waals surface area contributed by atoms with Crippen LogP contribution in [0, 0.1) is 42.1 Å². The van der Waals surface area contributed by atoms with Gasteiger partial charge < -0.3 is 4.74 Å². The molecule has 2 radical (unpaired) electrons. The summed E-state index contributed by atoms with van der Waals surface area (Å²) < 4.78 is 18.8. The number of nitriles is 1. The first-order chi connectivity index (χ1) is 13.7. The molecule has 0 aromatic rings. The van der Waals surface area contributed by atoms with Crippen molar-refractivity contribution in [2.45, 2.75) is 102 Å². The summed E-state index contributed by atoms with van der Waals surface area (Å²) in [5, 5.41) is 9.35. The molecule has 0 amide bonds. The number of hydrogen-bond donors (Lipinski definition) is 0. The lowest BCUT2D eigenvalue weighted by Gasteiger charge is -2.45. The number of unbranched alkanes of at least 4 members (excludes halogenated alkanes) is 7. The van der Waals surface area contributed by atoms with Crippen molar-refractivity contribution in [1.82, 2.24) is 0 Å². The van der Waals surface area contributed by atoms with Gasteiger partial charge in [-0.1, -0.05) is 58.3 Å². The van der Waals surface area contributed by atoms with Crippen LogP contribution < -0.4 is 0 Å². The van der Waals surface area contributed by atoms with Gasteiger partial charge in [0.1, 0.15) is 0 Å². The van der Waals surface area contributed by atoms with Crippen molar-refractivity contribution in [3.05, 3.63) is 13.0 Å². The van der Waals surface area contributed by atoms with E-state index in [4.69, 9.17) is 4.74 Å². The van der Waals surface area contributed by atoms with Crippen molar-refractivity contribution in [3.63, 3.8) is 0 Å². The summed E-state index contributed by atoms with van der Waals surface area (Å²) in [6.07, 6.45) is 15.7. The lowest BCUT2D eigenvalue weighted by molar-refractivity contribution is -0.143. The lowest BCUT2D eigenvalue weighted by Crippen LogP contribution is -2.45. The fourth-order valence-electron chi connectivity index (χ4n) is 4.69. The van der Waals surface area contributed by atoms with Crippen LogP contribution >= 0.6 is 0 Å². The molecule has 3 rings (SSSR count). The molecule has 3 aliphatic rings. The molecule has 2 aliphatic heterocycles. The number of carbonyl (C=O) groups is 1. The molecule has 0 N–H and O–H groups in total. The van der Waals surface area contributed by atoms with E-state index in [0.29, 0.717) is 12.5 Å². The van der Waals surface area contributed by atoms with Gasteiger partial charge in [0.2, 0.25) is 0 Å². The molecule has 0 aromatic heterocycles. The maximum atomic E-state index is 13.0. The maximum Gasteiger partial charge on any atom is 0.168 e. The number of ether oxygens (including phenoxy) is 1. The molecule has 0 spiro atoms. The Bertz CT molecular complexity index is 489. The van der Waals surface area contributed by atoms with Crippen LogP contribution in [-0.2, 0) is 9.53 Å². The minimum Gasteiger partial charge on any atom is -0.360 e. The smallest absolute Gasteiger partial charge is 0.168 e. The predicted molar refractivity (Wildman–Crippen MR) is 110 cm³/mol. The minimum atomic E-state index is -0.339. The Morgan fingerprint density at radius 3 is 2.39 bits per heavy atom. The van der Waals surface area contributed by atoms with Crippen molar-refractivity contribution >= 4 is 5.78 Å². The van der Waals surface area contributed by atoms with E-state index >= 15 is 0 Å². The van der Waals surface area contributed by atoms with E-state index in [1.807, 2.05) is 0 Å². The summed E-state index contributed by atoms with van der Waals surface area (Å²) in [7, 11) is 0. The normalized spacial score (nSPS) is 25.5. The Morgan fingerprint density at radius 2 is 1.79 bits per heavy atom. The van der Waals surface area contributed by atoms with Crippen molar-refractivity contribution in [2.24, 2.45) is 17.8 Å². The van der Waals surface area contributed by atoms with Crippen LogP contribution in [0.3, 0.4) is 0 Å². The SMILES string of the molecule is [CH2]CCCCCCCCC(C#N)CCCCC(=O)[C]1OC2CCC1CC2CF. The van der Waals surface area contributed by atoms with Gasteiger partial charge in [0.05, 0.1) is 18.8 Å². The van der Waals surface area contributed by atoms with Gasteiger partial charge in [-0.2, -0.15) is 5.26 Å². The predicted octanol–water partition coefficient (Wildman–Crippen LogP) is 6.53. The zero-order valence-electron chi connectivity index (χ0n) is 17.5. The van der Waals surface area contributed by atoms with Crippen molar-refractivity contribution in [3.8, 4) is 6.07 Å². The third kappa shape index (κ3) is 7.47. The number of hydrogen-bond acceptors (Lipinski definition) is 3. The van der Waals surface area contributed by atoms with Crippen LogP contribution in [0.1, 0.15) is 96.3 Å². The second-order valence-electron chi connectivity index (χ2n) is 8.70. The molecule has 3 fully saturated rings. The van der Waals surface area contributed by atoms with E-state index in [-0.39, 0.29) is 36.3 Å². The summed E-state index contributed by atoms with van der Waals surface area (Å²) in [6.45, 7) is 3.53. The Balaban J connectivity index is 1.54. The number of nitrogens with zero attached hydrogens (tertiary/aromatic N) is 1. The standard InChI is InChI=1S/C24H38FNO2/c1-2-3-4-5-6-7-8-11-19(18-26)12-9-10-13-22(27)24-20-14-15-23(28-24)21(16-20)17-25/h19-21,23H,1-17H2. The van der Waals surface area contributed by atoms with E-state index in [0.717, 1.165) is 57.8 Å². The fourth-order valence-corrected chi connectivity index (χ4v) is 4.69. The first-order valence-corrected chi connectivity index (χ1v) is 11.5. The second-order valence-corrected chi connectivity index (χ2v) is 8.70. The zero-order valence-corrected chi connectivity index (χ0v) is 17.5. The van der Waals surface area contributed by atoms with E-state index in [1.165, 1.54) is 32.1 Å². The molecular formula is C24H38FNO2. The highest BCUT2D eigenvalue weighted by molar-refractivity contribution is 5.90. The Morgan fingerprint density at radius 1 is 1.11 bits per heavy atom. The average molecular weight is 392 g/mol. The third-order valence-corrected chi connectivity index (χ3v) is 6.48. The van der Waals surface area contributed by atoms with Gasteiger partial charge in [-0.25, -0.2) is 0 Å². The van der Waals surface area contributed by atoms with E-state index in [2.05, 4.69) is 13.0 Å². The van der Waals surface area contributed by atoms with Crippen LogP contribution in [0.5, 0.6) is 0 Å². The molecule has 2 bridgehead atoms. The van der Waals surface area contributed by atoms with Crippen molar-refractivity contribution in [1.29, 1.82) is 5.26 Å². The molecule has 28 heavy (non-hydrogen) atoms. The van der Waals surface area contributed by atoms with Gasteiger partial charge in [0, 0.05) is 18.3 Å². The van der Waals surface area contributed by atoms with Gasteiger partial charge in [0.15, 0.2) is 11.9 Å². The molecule has 4 heteroatoms. The summed E-state index contributed by atoms with van der Waals surface area (Å²) >= 11 is 0. The first-order valence-electron chi connectivity index (χ1n) is 11.5. The van der Waals surface area contributed by atoms with Crippen molar-refractivity contribution in [2.75, 3.05) is 6.67 Å². The Kier molecular flexibility index (Phi) is 11.1. The maximum absolute atomic E-state index is 13.0. The minimum absolute atomic E-state index is 0.0182. The highest BCUT2D eigenvalue weighted by atomic mass is 19.1. The van der Waals surface area contributed by atoms with Gasteiger partial charge >= 0.3 is 0 Å². The topological polar surface area (TPSA) is 50.1 Å². The molecule has 4 atom stereocenters. The van der Waals surface area contributed by atoms with E-state index in [9.17, 15) is 14.4 Å². The van der Waals surface area contributed by atoms with Gasteiger partial charge in [-0.05, 0) is 44.4 Å². The summed E-state index contributed by atoms with van der Waals surface area (Å²) in [4.78, 5) is 12.5. The largest absolute Gasteiger partial charge is 0.360 e. The molecular weight excluding hydrogens is 353 g/mol. The van der Waals surface area contributed by atoms with Gasteiger partial charge in [-0.15, -0.1) is 0 Å². The lowest BCUT2D eigenvalue weighted by atomic mass is 9.73. The Labute approximate surface area is 171 Å². The van der Waals surface area contributed by atoms with Crippen LogP contribution in [0.25, 0.3) is 0 Å². The molecule has 3 nitrogen and oxygen atoms in total. The molecule has 158 valence electrons. The molecule has 1 aliphatic carbocycles. The Hall–Kier alpha value is -0.950. The summed E-state index contributed by atoms with van der Waals surface area (Å²) in [5.41, 5.74) is 0. The van der Waals surface area contributed by atoms with E-state index < -0.39 is 0 Å². The highest BCUT2D eigenvalue weighted by Gasteiger charge is 2.45. The number of carbonyl (C=O) groups excluding carboxylic acids is 1. The number of halogens is 1. The average Bonchev–Trinajstić information content (AvgIpc) is 2.74. The number of ketones is 1. The zero-order chi connectivity index (χ0) is 20.2. The van der Waals surface area contributed by atoms with Crippen molar-refractivity contribution < 1.29 is 13.9 Å². The summed E-state index contributed by atoms with van der Waals surface area (Å²) in [6, 6.07) is 2.44. The number of fused-ring (bicyclic) bond motifs is 3. The van der Waals surface area contributed by atoms with E-state index in [1.54, 1.807) is 0 Å². The highest BCUT2D eigenvalue weighted by Crippen LogP contribution is 2.45. The monoisotopic (exact) mass is 391 g/mol. The fraction of sp³-hybridized carbons (Fsp3) is 0.833. The molecule has 2 heterocycles. The first kappa shape index (κ1) is 23.3. The molecule has 0 aromatic carbocycles. The van der Waals surface area contributed by atoms with Crippen LogP contribution in [0.15, 0.2) is 0 Å². The van der Waals surface area contributed by atoms with Crippen LogP contribution in [-0.4, -0.2) is 18.6 Å². The molecule has 4 unspecified atom stereocenters.